The van der Waals surface area contributed by atoms with Crippen LogP contribution in [-0.2, 0) is 14.3 Å². The van der Waals surface area contributed by atoms with Gasteiger partial charge in [-0.15, -0.1) is 0 Å². The number of nitrogens with zero attached hydrogens (tertiary/aromatic N) is 1. The van der Waals surface area contributed by atoms with E-state index in [4.69, 9.17) is 4.74 Å². The highest BCUT2D eigenvalue weighted by Gasteiger charge is 2.71. The van der Waals surface area contributed by atoms with Crippen LogP contribution in [0.15, 0.2) is 12.2 Å². The Morgan fingerprint density at radius 1 is 1.21 bits per heavy atom. The van der Waals surface area contributed by atoms with Gasteiger partial charge >= 0.3 is 5.97 Å². The van der Waals surface area contributed by atoms with Crippen LogP contribution in [0.3, 0.4) is 0 Å². The van der Waals surface area contributed by atoms with Crippen molar-refractivity contribution in [2.45, 2.75) is 71.3 Å². The molecule has 1 heterocycles. The zero-order valence-electron chi connectivity index (χ0n) is 17.9. The number of hydrogen-bond donors (Lipinski definition) is 1. The molecule has 1 N–H and O–H groups in total. The minimum atomic E-state index is -0.379. The summed E-state index contributed by atoms with van der Waals surface area (Å²) in [6.07, 6.45) is 8.33. The number of ether oxygens (including phenoxy) is 1. The van der Waals surface area contributed by atoms with Crippen molar-refractivity contribution in [1.82, 2.24) is 4.90 Å². The van der Waals surface area contributed by atoms with E-state index in [1.807, 2.05) is 4.90 Å². The van der Waals surface area contributed by atoms with Gasteiger partial charge in [0.05, 0.1) is 12.6 Å². The molecule has 0 aromatic carbocycles. The summed E-state index contributed by atoms with van der Waals surface area (Å²) in [4.78, 5) is 26.8. The molecule has 4 bridgehead atoms. The van der Waals surface area contributed by atoms with Crippen molar-refractivity contribution in [2.75, 3.05) is 19.7 Å². The Morgan fingerprint density at radius 2 is 1.97 bits per heavy atom. The number of likely N-dealkylation sites (tertiary alicyclic amines) is 1. The van der Waals surface area contributed by atoms with E-state index in [1.54, 1.807) is 0 Å². The highest BCUT2D eigenvalue weighted by Crippen LogP contribution is 2.73. The van der Waals surface area contributed by atoms with Crippen LogP contribution in [-0.4, -0.2) is 47.7 Å². The van der Waals surface area contributed by atoms with Crippen LogP contribution in [0.1, 0.15) is 65.2 Å². The van der Waals surface area contributed by atoms with Crippen molar-refractivity contribution in [2.24, 2.45) is 34.0 Å². The molecule has 160 valence electrons. The number of fused-ring (bicyclic) bond motifs is 2. The summed E-state index contributed by atoms with van der Waals surface area (Å²) >= 11 is 0. The first kappa shape index (κ1) is 19.6. The van der Waals surface area contributed by atoms with Crippen molar-refractivity contribution >= 4 is 11.9 Å². The molecular weight excluding hydrogens is 366 g/mol. The van der Waals surface area contributed by atoms with Crippen LogP contribution >= 0.6 is 0 Å². The van der Waals surface area contributed by atoms with E-state index in [1.165, 1.54) is 13.3 Å². The molecule has 29 heavy (non-hydrogen) atoms. The van der Waals surface area contributed by atoms with E-state index >= 15 is 0 Å². The molecule has 5 aliphatic carbocycles. The summed E-state index contributed by atoms with van der Waals surface area (Å²) in [6.45, 7) is 9.42. The lowest BCUT2D eigenvalue weighted by molar-refractivity contribution is -0.237. The van der Waals surface area contributed by atoms with Crippen LogP contribution < -0.4 is 0 Å². The quantitative estimate of drug-likeness (QED) is 0.582. The van der Waals surface area contributed by atoms with E-state index < -0.39 is 0 Å². The van der Waals surface area contributed by atoms with E-state index in [9.17, 15) is 14.7 Å². The largest absolute Gasteiger partial charge is 0.464 e. The van der Waals surface area contributed by atoms with Gasteiger partial charge in [-0.3, -0.25) is 9.59 Å². The van der Waals surface area contributed by atoms with Crippen molar-refractivity contribution in [1.29, 1.82) is 0 Å². The first-order valence-corrected chi connectivity index (χ1v) is 11.5. The second kappa shape index (κ2) is 6.32. The number of carbonyl (C=O) groups is 2. The second-order valence-electron chi connectivity index (χ2n) is 10.9. The maximum Gasteiger partial charge on any atom is 0.302 e. The molecule has 1 amide bonds. The monoisotopic (exact) mass is 401 g/mol. The molecule has 1 spiro atoms. The molecule has 6 fully saturated rings. The Morgan fingerprint density at radius 3 is 2.72 bits per heavy atom. The fourth-order valence-electron chi connectivity index (χ4n) is 8.78. The van der Waals surface area contributed by atoms with Gasteiger partial charge in [0.2, 0.25) is 5.91 Å². The van der Waals surface area contributed by atoms with Crippen LogP contribution in [0.4, 0.5) is 0 Å². The topological polar surface area (TPSA) is 66.8 Å². The molecule has 6 aliphatic rings. The molecule has 5 saturated carbocycles. The van der Waals surface area contributed by atoms with Crippen LogP contribution in [0, 0.1) is 34.0 Å². The Balaban J connectivity index is 1.52. The van der Waals surface area contributed by atoms with Crippen LogP contribution in [0.2, 0.25) is 0 Å². The predicted octanol–water partition coefficient (Wildman–Crippen LogP) is 3.31. The zero-order chi connectivity index (χ0) is 20.6. The lowest BCUT2D eigenvalue weighted by Crippen LogP contribution is -2.72. The minimum absolute atomic E-state index is 0.0392. The number of piperidine rings is 1. The average Bonchev–Trinajstić information content (AvgIpc) is 2.69. The normalized spacial score (nSPS) is 48.2. The number of aliphatic hydroxyl groups excluding tert-OH is 1. The number of rotatable bonds is 3. The Bertz CT molecular complexity index is 764. The molecule has 5 nitrogen and oxygen atoms in total. The molecule has 5 heteroatoms. The fourth-order valence-corrected chi connectivity index (χ4v) is 8.78. The fraction of sp³-hybridized carbons (Fsp3) is 0.833. The van der Waals surface area contributed by atoms with E-state index in [2.05, 4.69) is 13.5 Å². The van der Waals surface area contributed by atoms with E-state index in [-0.39, 0.29) is 40.8 Å². The van der Waals surface area contributed by atoms with Gasteiger partial charge < -0.3 is 14.7 Å². The Hall–Kier alpha value is -1.36. The predicted molar refractivity (Wildman–Crippen MR) is 109 cm³/mol. The number of aliphatic hydroxyl groups is 1. The number of carbonyl (C=O) groups excluding carboxylic acids is 2. The van der Waals surface area contributed by atoms with Crippen molar-refractivity contribution < 1.29 is 19.4 Å². The van der Waals surface area contributed by atoms with Gasteiger partial charge in [0.15, 0.2) is 0 Å². The lowest BCUT2D eigenvalue weighted by Gasteiger charge is -2.72. The molecule has 6 rings (SSSR count). The number of amides is 1. The summed E-state index contributed by atoms with van der Waals surface area (Å²) in [5.74, 6) is 1.28. The average molecular weight is 402 g/mol. The SMILES string of the molecule is C=C1C2CCC3(CCC4C5(C)CCCC4(CN(CCOC(C)=O)C5=O)C3C2)C1O. The highest BCUT2D eigenvalue weighted by atomic mass is 16.5. The Labute approximate surface area is 173 Å². The van der Waals surface area contributed by atoms with Gasteiger partial charge in [0, 0.05) is 24.3 Å². The molecule has 0 radical (unpaired) electrons. The molecule has 1 aliphatic heterocycles. The minimum Gasteiger partial charge on any atom is -0.464 e. The summed E-state index contributed by atoms with van der Waals surface area (Å²) in [5, 5.41) is 11.3. The summed E-state index contributed by atoms with van der Waals surface area (Å²) in [7, 11) is 0. The smallest absolute Gasteiger partial charge is 0.302 e. The zero-order valence-corrected chi connectivity index (χ0v) is 17.9. The summed E-state index contributed by atoms with van der Waals surface area (Å²) in [6, 6.07) is 0. The number of esters is 1. The third-order valence-electron chi connectivity index (χ3n) is 9.91. The first-order valence-electron chi connectivity index (χ1n) is 11.5. The van der Waals surface area contributed by atoms with Gasteiger partial charge in [0.25, 0.3) is 0 Å². The van der Waals surface area contributed by atoms with Crippen molar-refractivity contribution in [3.63, 3.8) is 0 Å². The molecule has 0 aromatic rings. The van der Waals surface area contributed by atoms with E-state index in [0.29, 0.717) is 24.3 Å². The maximum absolute atomic E-state index is 13.5. The van der Waals surface area contributed by atoms with Gasteiger partial charge in [-0.25, -0.2) is 0 Å². The second-order valence-corrected chi connectivity index (χ2v) is 10.9. The molecule has 7 atom stereocenters. The molecule has 0 aromatic heterocycles. The van der Waals surface area contributed by atoms with Gasteiger partial charge in [-0.1, -0.05) is 19.9 Å². The van der Waals surface area contributed by atoms with Crippen LogP contribution in [0.5, 0.6) is 0 Å². The van der Waals surface area contributed by atoms with Crippen LogP contribution in [0.25, 0.3) is 0 Å². The third kappa shape index (κ3) is 2.43. The first-order chi connectivity index (χ1) is 13.7. The van der Waals surface area contributed by atoms with E-state index in [0.717, 1.165) is 57.1 Å². The lowest BCUT2D eigenvalue weighted by atomic mass is 9.35. The number of hydrogen-bond acceptors (Lipinski definition) is 4. The van der Waals surface area contributed by atoms with Gasteiger partial charge in [0.1, 0.15) is 6.61 Å². The summed E-state index contributed by atoms with van der Waals surface area (Å²) in [5.41, 5.74) is 0.810. The Kier molecular flexibility index (Phi) is 4.27. The molecule has 7 unspecified atom stereocenters. The van der Waals surface area contributed by atoms with Crippen molar-refractivity contribution in [3.05, 3.63) is 12.2 Å². The van der Waals surface area contributed by atoms with Gasteiger partial charge in [-0.05, 0) is 73.7 Å². The van der Waals surface area contributed by atoms with Crippen molar-refractivity contribution in [3.8, 4) is 0 Å². The summed E-state index contributed by atoms with van der Waals surface area (Å²) < 4.78 is 5.18. The maximum atomic E-state index is 13.5. The van der Waals surface area contributed by atoms with Gasteiger partial charge in [-0.2, -0.15) is 0 Å². The standard InChI is InChI=1S/C24H35NO4/c1-15-17-5-9-23(20(15)27)10-6-18-22(3)7-4-8-24(18,19(23)13-17)14-25(21(22)28)11-12-29-16(2)26/h17-20,27H,1,4-14H2,2-3H3. The molecule has 1 saturated heterocycles. The third-order valence-corrected chi connectivity index (χ3v) is 9.91. The highest BCUT2D eigenvalue weighted by molar-refractivity contribution is 5.84. The molecular formula is C24H35NO4.